The molecule has 0 unspecified atom stereocenters. The second-order valence-corrected chi connectivity index (χ2v) is 5.51. The predicted octanol–water partition coefficient (Wildman–Crippen LogP) is 2.47. The van der Waals surface area contributed by atoms with E-state index in [1.165, 1.54) is 17.5 Å². The van der Waals surface area contributed by atoms with Gasteiger partial charge >= 0.3 is 0 Å². The van der Waals surface area contributed by atoms with Crippen molar-refractivity contribution in [3.8, 4) is 5.75 Å². The third-order valence-electron chi connectivity index (χ3n) is 4.24. The number of hydrogen-bond acceptors (Lipinski definition) is 2. The van der Waals surface area contributed by atoms with E-state index in [4.69, 9.17) is 4.74 Å². The van der Waals surface area contributed by atoms with Gasteiger partial charge in [-0.25, -0.2) is 0 Å². The number of rotatable bonds is 5. The molecule has 3 nitrogen and oxygen atoms in total. The number of ether oxygens (including phenoxy) is 1. The Labute approximate surface area is 114 Å². The molecule has 1 aliphatic carbocycles. The predicted molar refractivity (Wildman–Crippen MR) is 74.3 cm³/mol. The van der Waals surface area contributed by atoms with E-state index in [0.717, 1.165) is 51.0 Å². The fraction of sp³-hybridized carbons (Fsp3) is 0.562. The number of nitrogens with one attached hydrogen (secondary N) is 1. The molecule has 0 aromatic heterocycles. The molecule has 1 heterocycles. The molecule has 0 bridgehead atoms. The highest BCUT2D eigenvalue weighted by atomic mass is 16.5. The monoisotopic (exact) mass is 259 g/mol. The Kier molecular flexibility index (Phi) is 3.72. The number of fused-ring (bicyclic) bond motifs is 1. The SMILES string of the molecule is O=C(NCCCc1cccc2c1CCO2)C1CCC1. The second kappa shape index (κ2) is 5.64. The Morgan fingerprint density at radius 2 is 2.26 bits per heavy atom. The van der Waals surface area contributed by atoms with E-state index in [2.05, 4.69) is 17.4 Å². The lowest BCUT2D eigenvalue weighted by Crippen LogP contribution is -2.35. The van der Waals surface area contributed by atoms with Gasteiger partial charge in [-0.15, -0.1) is 0 Å². The van der Waals surface area contributed by atoms with E-state index in [0.29, 0.717) is 5.92 Å². The maximum Gasteiger partial charge on any atom is 0.223 e. The van der Waals surface area contributed by atoms with Crippen LogP contribution in [0.2, 0.25) is 0 Å². The first-order valence-electron chi connectivity index (χ1n) is 7.36. The van der Waals surface area contributed by atoms with Crippen LogP contribution < -0.4 is 10.1 Å². The van der Waals surface area contributed by atoms with Crippen LogP contribution in [0.25, 0.3) is 0 Å². The summed E-state index contributed by atoms with van der Waals surface area (Å²) in [5.74, 6) is 1.61. The minimum atomic E-state index is 0.257. The molecule has 3 heteroatoms. The van der Waals surface area contributed by atoms with Crippen LogP contribution in [0.3, 0.4) is 0 Å². The first-order valence-corrected chi connectivity index (χ1v) is 7.36. The number of carbonyl (C=O) groups excluding carboxylic acids is 1. The maximum atomic E-state index is 11.7. The zero-order chi connectivity index (χ0) is 13.1. The molecule has 0 spiro atoms. The number of carbonyl (C=O) groups is 1. The molecule has 3 rings (SSSR count). The molecule has 1 aliphatic heterocycles. The summed E-state index contributed by atoms with van der Waals surface area (Å²) in [6, 6.07) is 6.29. The largest absolute Gasteiger partial charge is 0.493 e. The number of aryl methyl sites for hydroxylation is 1. The van der Waals surface area contributed by atoms with E-state index in [9.17, 15) is 4.79 Å². The zero-order valence-corrected chi connectivity index (χ0v) is 11.3. The minimum absolute atomic E-state index is 0.257. The Hall–Kier alpha value is -1.51. The fourth-order valence-corrected chi connectivity index (χ4v) is 2.83. The van der Waals surface area contributed by atoms with Crippen LogP contribution >= 0.6 is 0 Å². The van der Waals surface area contributed by atoms with Gasteiger partial charge < -0.3 is 10.1 Å². The summed E-state index contributed by atoms with van der Waals surface area (Å²) in [5, 5.41) is 3.05. The molecular formula is C16H21NO2. The lowest BCUT2D eigenvalue weighted by Gasteiger charge is -2.24. The minimum Gasteiger partial charge on any atom is -0.493 e. The van der Waals surface area contributed by atoms with Crippen LogP contribution in [0.15, 0.2) is 18.2 Å². The van der Waals surface area contributed by atoms with Crippen molar-refractivity contribution in [1.82, 2.24) is 5.32 Å². The van der Waals surface area contributed by atoms with E-state index in [1.807, 2.05) is 6.07 Å². The van der Waals surface area contributed by atoms with Crippen LogP contribution in [0.4, 0.5) is 0 Å². The Balaban J connectivity index is 1.45. The van der Waals surface area contributed by atoms with Crippen molar-refractivity contribution in [1.29, 1.82) is 0 Å². The molecule has 19 heavy (non-hydrogen) atoms. The highest BCUT2D eigenvalue weighted by Crippen LogP contribution is 2.29. The molecule has 1 saturated carbocycles. The first kappa shape index (κ1) is 12.5. The summed E-state index contributed by atoms with van der Waals surface area (Å²) in [5.41, 5.74) is 2.75. The third kappa shape index (κ3) is 2.75. The molecule has 0 radical (unpaired) electrons. The standard InChI is InChI=1S/C16H21NO2/c18-16(13-5-1-6-13)17-10-3-7-12-4-2-8-15-14(12)9-11-19-15/h2,4,8,13H,1,3,5-7,9-11H2,(H,17,18). The molecular weight excluding hydrogens is 238 g/mol. The topological polar surface area (TPSA) is 38.3 Å². The molecule has 102 valence electrons. The smallest absolute Gasteiger partial charge is 0.223 e. The van der Waals surface area contributed by atoms with Crippen molar-refractivity contribution in [2.45, 2.75) is 38.5 Å². The fourth-order valence-electron chi connectivity index (χ4n) is 2.83. The Morgan fingerprint density at radius 3 is 3.05 bits per heavy atom. The lowest BCUT2D eigenvalue weighted by molar-refractivity contribution is -0.127. The van der Waals surface area contributed by atoms with Crippen LogP contribution in [0, 0.1) is 5.92 Å². The first-order chi connectivity index (χ1) is 9.34. The van der Waals surface area contributed by atoms with Gasteiger partial charge in [0, 0.05) is 24.4 Å². The summed E-state index contributed by atoms with van der Waals surface area (Å²) in [6.07, 6.45) is 6.44. The maximum absolute atomic E-state index is 11.7. The van der Waals surface area contributed by atoms with Gasteiger partial charge in [0.25, 0.3) is 0 Å². The van der Waals surface area contributed by atoms with Crippen molar-refractivity contribution in [2.75, 3.05) is 13.2 Å². The van der Waals surface area contributed by atoms with Gasteiger partial charge in [0.15, 0.2) is 0 Å². The van der Waals surface area contributed by atoms with Crippen LogP contribution in [0.1, 0.15) is 36.8 Å². The van der Waals surface area contributed by atoms with Gasteiger partial charge in [0.2, 0.25) is 5.91 Å². The van der Waals surface area contributed by atoms with Gasteiger partial charge in [-0.05, 0) is 37.3 Å². The molecule has 1 aromatic rings. The highest BCUT2D eigenvalue weighted by molar-refractivity contribution is 5.79. The molecule has 1 amide bonds. The van der Waals surface area contributed by atoms with Crippen LogP contribution in [-0.4, -0.2) is 19.1 Å². The van der Waals surface area contributed by atoms with Gasteiger partial charge in [0.1, 0.15) is 5.75 Å². The van der Waals surface area contributed by atoms with Gasteiger partial charge in [-0.2, -0.15) is 0 Å². The number of hydrogen-bond donors (Lipinski definition) is 1. The molecule has 0 atom stereocenters. The van der Waals surface area contributed by atoms with Crippen LogP contribution in [0.5, 0.6) is 5.75 Å². The van der Waals surface area contributed by atoms with Gasteiger partial charge in [-0.1, -0.05) is 18.6 Å². The van der Waals surface area contributed by atoms with Crippen molar-refractivity contribution in [3.05, 3.63) is 29.3 Å². The summed E-state index contributed by atoms with van der Waals surface area (Å²) in [4.78, 5) is 11.7. The Morgan fingerprint density at radius 1 is 1.37 bits per heavy atom. The summed E-state index contributed by atoms with van der Waals surface area (Å²) >= 11 is 0. The van der Waals surface area contributed by atoms with Crippen LogP contribution in [-0.2, 0) is 17.6 Å². The van der Waals surface area contributed by atoms with Crippen molar-refractivity contribution in [3.63, 3.8) is 0 Å². The average Bonchev–Trinajstić information content (AvgIpc) is 2.81. The van der Waals surface area contributed by atoms with E-state index in [-0.39, 0.29) is 5.91 Å². The third-order valence-corrected chi connectivity index (χ3v) is 4.24. The quantitative estimate of drug-likeness (QED) is 0.825. The molecule has 1 fully saturated rings. The van der Waals surface area contributed by atoms with Crippen molar-refractivity contribution >= 4 is 5.91 Å². The Bertz CT molecular complexity index is 466. The van der Waals surface area contributed by atoms with Gasteiger partial charge in [-0.3, -0.25) is 4.79 Å². The summed E-state index contributed by atoms with van der Waals surface area (Å²) in [7, 11) is 0. The number of amides is 1. The normalized spacial score (nSPS) is 17.5. The van der Waals surface area contributed by atoms with Crippen molar-refractivity contribution < 1.29 is 9.53 Å². The van der Waals surface area contributed by atoms with E-state index < -0.39 is 0 Å². The lowest BCUT2D eigenvalue weighted by atomic mass is 9.85. The highest BCUT2D eigenvalue weighted by Gasteiger charge is 2.24. The average molecular weight is 259 g/mol. The molecule has 1 N–H and O–H groups in total. The molecule has 2 aliphatic rings. The molecule has 1 aromatic carbocycles. The summed E-state index contributed by atoms with van der Waals surface area (Å²) < 4.78 is 5.57. The van der Waals surface area contributed by atoms with E-state index >= 15 is 0 Å². The number of benzene rings is 1. The van der Waals surface area contributed by atoms with Crippen molar-refractivity contribution in [2.24, 2.45) is 5.92 Å². The second-order valence-electron chi connectivity index (χ2n) is 5.51. The van der Waals surface area contributed by atoms with E-state index in [1.54, 1.807) is 0 Å². The summed E-state index contributed by atoms with van der Waals surface area (Å²) in [6.45, 7) is 1.60. The molecule has 0 saturated heterocycles. The van der Waals surface area contributed by atoms with Gasteiger partial charge in [0.05, 0.1) is 6.61 Å². The zero-order valence-electron chi connectivity index (χ0n) is 11.3.